The second-order valence-corrected chi connectivity index (χ2v) is 6.28. The smallest absolute Gasteiger partial charge is 0.259 e. The van der Waals surface area contributed by atoms with Crippen LogP contribution in [-0.4, -0.2) is 29.5 Å². The molecule has 21 heavy (non-hydrogen) atoms. The summed E-state index contributed by atoms with van der Waals surface area (Å²) >= 11 is 1.43. The fraction of sp³-hybridized carbons (Fsp3) is 0.385. The van der Waals surface area contributed by atoms with Crippen LogP contribution < -0.4 is 5.56 Å². The molecule has 3 aromatic rings. The summed E-state index contributed by atoms with van der Waals surface area (Å²) < 4.78 is 3.14. The molecule has 0 spiro atoms. The Morgan fingerprint density at radius 2 is 2.19 bits per heavy atom. The van der Waals surface area contributed by atoms with Crippen molar-refractivity contribution in [3.05, 3.63) is 45.1 Å². The number of rotatable bonds is 3. The lowest BCUT2D eigenvalue weighted by atomic mass is 10.1. The highest BCUT2D eigenvalue weighted by Crippen LogP contribution is 2.16. The highest BCUT2D eigenvalue weighted by Gasteiger charge is 2.20. The zero-order chi connectivity index (χ0) is 15.2. The van der Waals surface area contributed by atoms with Gasteiger partial charge in [0, 0.05) is 17.1 Å². The van der Waals surface area contributed by atoms with Gasteiger partial charge < -0.3 is 5.11 Å². The first kappa shape index (κ1) is 13.9. The number of hydrogen-bond donors (Lipinski definition) is 1. The number of aryl methyl sites for hydroxylation is 1. The third-order valence-corrected chi connectivity index (χ3v) is 4.06. The van der Waals surface area contributed by atoms with Crippen molar-refractivity contribution >= 4 is 16.3 Å². The minimum atomic E-state index is -1.04. The number of hydrogen-bond acceptors (Lipinski definition) is 6. The number of aromatic nitrogens is 5. The van der Waals surface area contributed by atoms with E-state index in [1.54, 1.807) is 29.1 Å². The van der Waals surface area contributed by atoms with E-state index >= 15 is 0 Å². The van der Waals surface area contributed by atoms with Crippen molar-refractivity contribution in [2.24, 2.45) is 0 Å². The van der Waals surface area contributed by atoms with Gasteiger partial charge >= 0.3 is 0 Å². The monoisotopic (exact) mass is 305 g/mol. The molecular formula is C13H15N5O2S. The Hall–Kier alpha value is -2.06. The van der Waals surface area contributed by atoms with E-state index in [9.17, 15) is 9.90 Å². The zero-order valence-corrected chi connectivity index (χ0v) is 12.8. The summed E-state index contributed by atoms with van der Waals surface area (Å²) in [5.41, 5.74) is 0.835. The highest BCUT2D eigenvalue weighted by atomic mass is 32.1. The van der Waals surface area contributed by atoms with Crippen molar-refractivity contribution in [3.63, 3.8) is 0 Å². The normalized spacial score (nSPS) is 12.2. The van der Waals surface area contributed by atoms with Crippen LogP contribution in [0, 0.1) is 6.92 Å². The fourth-order valence-corrected chi connectivity index (χ4v) is 2.89. The molecule has 1 N–H and O–H groups in total. The second-order valence-electron chi connectivity index (χ2n) is 5.44. The van der Waals surface area contributed by atoms with Crippen LogP contribution in [0.15, 0.2) is 22.4 Å². The molecule has 0 aliphatic rings. The minimum absolute atomic E-state index is 0.100. The Morgan fingerprint density at radius 1 is 1.43 bits per heavy atom. The molecule has 3 heterocycles. The largest absolute Gasteiger partial charge is 0.384 e. The molecule has 0 atom stereocenters. The topological polar surface area (TPSA) is 85.3 Å². The summed E-state index contributed by atoms with van der Waals surface area (Å²) in [6, 6.07) is 1.50. The van der Waals surface area contributed by atoms with E-state index in [4.69, 9.17) is 0 Å². The standard InChI is InChI=1S/C13H15N5O2S/c1-8-7-21-12-14-9(4-11(19)18(8)12)5-17-6-10(15-16-17)13(2,3)20/h4,6-7,20H,5H2,1-3H3. The van der Waals surface area contributed by atoms with Gasteiger partial charge in [0.2, 0.25) is 0 Å². The first-order chi connectivity index (χ1) is 9.84. The SMILES string of the molecule is Cc1csc2nc(Cn3cc(C(C)(C)O)nn3)cc(=O)n12. The lowest BCUT2D eigenvalue weighted by Crippen LogP contribution is -2.17. The van der Waals surface area contributed by atoms with Crippen molar-refractivity contribution in [1.29, 1.82) is 0 Å². The van der Waals surface area contributed by atoms with Gasteiger partial charge in [-0.3, -0.25) is 9.20 Å². The quantitative estimate of drug-likeness (QED) is 0.778. The maximum Gasteiger partial charge on any atom is 0.259 e. The lowest BCUT2D eigenvalue weighted by Gasteiger charge is -2.11. The molecular weight excluding hydrogens is 290 g/mol. The lowest BCUT2D eigenvalue weighted by molar-refractivity contribution is 0.0737. The molecule has 0 radical (unpaired) electrons. The van der Waals surface area contributed by atoms with Gasteiger partial charge in [-0.15, -0.1) is 16.4 Å². The molecule has 110 valence electrons. The van der Waals surface area contributed by atoms with E-state index in [2.05, 4.69) is 15.3 Å². The molecule has 0 aliphatic carbocycles. The van der Waals surface area contributed by atoms with Crippen LogP contribution in [0.25, 0.3) is 4.96 Å². The molecule has 3 aromatic heterocycles. The molecule has 0 aliphatic heterocycles. The fourth-order valence-electron chi connectivity index (χ4n) is 2.00. The summed E-state index contributed by atoms with van der Waals surface area (Å²) in [5, 5.41) is 19.7. The predicted octanol–water partition coefficient (Wildman–Crippen LogP) is 0.932. The maximum atomic E-state index is 12.1. The molecule has 0 amide bonds. The van der Waals surface area contributed by atoms with Gasteiger partial charge in [-0.05, 0) is 20.8 Å². The van der Waals surface area contributed by atoms with Crippen LogP contribution in [0.1, 0.15) is 30.9 Å². The van der Waals surface area contributed by atoms with Crippen LogP contribution in [0.4, 0.5) is 0 Å². The molecule has 0 bridgehead atoms. The molecule has 8 heteroatoms. The van der Waals surface area contributed by atoms with Crippen LogP contribution in [0.5, 0.6) is 0 Å². The number of nitrogens with zero attached hydrogens (tertiary/aromatic N) is 5. The van der Waals surface area contributed by atoms with Crippen molar-refractivity contribution < 1.29 is 5.11 Å². The van der Waals surface area contributed by atoms with Gasteiger partial charge in [0.1, 0.15) is 11.3 Å². The van der Waals surface area contributed by atoms with E-state index in [0.29, 0.717) is 22.9 Å². The van der Waals surface area contributed by atoms with Crippen molar-refractivity contribution in [2.45, 2.75) is 32.9 Å². The number of thiazole rings is 1. The van der Waals surface area contributed by atoms with E-state index in [1.165, 1.54) is 17.4 Å². The van der Waals surface area contributed by atoms with Gasteiger partial charge in [-0.2, -0.15) is 0 Å². The van der Waals surface area contributed by atoms with Crippen molar-refractivity contribution in [1.82, 2.24) is 24.4 Å². The van der Waals surface area contributed by atoms with Crippen LogP contribution in [0.3, 0.4) is 0 Å². The number of aliphatic hydroxyl groups is 1. The van der Waals surface area contributed by atoms with Crippen LogP contribution >= 0.6 is 11.3 Å². The molecule has 0 saturated carbocycles. The Labute approximate surface area is 124 Å². The van der Waals surface area contributed by atoms with Crippen LogP contribution in [-0.2, 0) is 12.1 Å². The Kier molecular flexibility index (Phi) is 3.14. The molecule has 0 unspecified atom stereocenters. The summed E-state index contributed by atoms with van der Waals surface area (Å²) in [4.78, 5) is 17.2. The average molecular weight is 305 g/mol. The first-order valence-corrected chi connectivity index (χ1v) is 7.32. The molecule has 3 rings (SSSR count). The summed E-state index contributed by atoms with van der Waals surface area (Å²) in [5.74, 6) is 0. The average Bonchev–Trinajstić information content (AvgIpc) is 2.96. The summed E-state index contributed by atoms with van der Waals surface area (Å²) in [7, 11) is 0. The zero-order valence-electron chi connectivity index (χ0n) is 11.9. The third kappa shape index (κ3) is 2.59. The van der Waals surface area contributed by atoms with Gasteiger partial charge in [-0.1, -0.05) is 5.21 Å². The molecule has 0 saturated heterocycles. The van der Waals surface area contributed by atoms with Crippen molar-refractivity contribution in [2.75, 3.05) is 0 Å². The van der Waals surface area contributed by atoms with E-state index in [-0.39, 0.29) is 5.56 Å². The van der Waals surface area contributed by atoms with Gasteiger partial charge in [0.05, 0.1) is 18.4 Å². The van der Waals surface area contributed by atoms with E-state index < -0.39 is 5.60 Å². The Morgan fingerprint density at radius 3 is 2.86 bits per heavy atom. The predicted molar refractivity (Wildman–Crippen MR) is 78.4 cm³/mol. The van der Waals surface area contributed by atoms with Gasteiger partial charge in [0.15, 0.2) is 4.96 Å². The molecule has 0 fully saturated rings. The number of fused-ring (bicyclic) bond motifs is 1. The van der Waals surface area contributed by atoms with E-state index in [0.717, 1.165) is 5.69 Å². The minimum Gasteiger partial charge on any atom is -0.384 e. The second kappa shape index (κ2) is 4.74. The van der Waals surface area contributed by atoms with Crippen LogP contribution in [0.2, 0.25) is 0 Å². The van der Waals surface area contributed by atoms with Gasteiger partial charge in [-0.25, -0.2) is 9.67 Å². The Bertz CT molecular complexity index is 855. The Balaban J connectivity index is 1.95. The van der Waals surface area contributed by atoms with Crippen molar-refractivity contribution in [3.8, 4) is 0 Å². The first-order valence-electron chi connectivity index (χ1n) is 6.44. The maximum absolute atomic E-state index is 12.1. The summed E-state index contributed by atoms with van der Waals surface area (Å²) in [6.45, 7) is 5.50. The highest BCUT2D eigenvalue weighted by molar-refractivity contribution is 7.15. The summed E-state index contributed by atoms with van der Waals surface area (Å²) in [6.07, 6.45) is 1.66. The van der Waals surface area contributed by atoms with Gasteiger partial charge in [0.25, 0.3) is 5.56 Å². The molecule has 0 aromatic carbocycles. The third-order valence-electron chi connectivity index (χ3n) is 3.12. The van der Waals surface area contributed by atoms with E-state index in [1.807, 2.05) is 12.3 Å². The molecule has 7 nitrogen and oxygen atoms in total.